The number of isothiocyanates is 1. The van der Waals surface area contributed by atoms with Gasteiger partial charge in [-0.05, 0) is 24.4 Å². The van der Waals surface area contributed by atoms with Crippen molar-refractivity contribution in [1.82, 2.24) is 0 Å². The van der Waals surface area contributed by atoms with Crippen LogP contribution in [0.3, 0.4) is 0 Å². The van der Waals surface area contributed by atoms with Gasteiger partial charge in [-0.3, -0.25) is 0 Å². The largest absolute Gasteiger partial charge is 0.237 e. The Morgan fingerprint density at radius 2 is 2.33 bits per heavy atom. The number of hydrogen-bond donors (Lipinski definition) is 0. The first-order chi connectivity index (χ1) is 5.77. The van der Waals surface area contributed by atoms with E-state index < -0.39 is 0 Å². The summed E-state index contributed by atoms with van der Waals surface area (Å²) in [6.07, 6.45) is 0. The highest BCUT2D eigenvalue weighted by Gasteiger charge is 1.98. The summed E-state index contributed by atoms with van der Waals surface area (Å²) in [7, 11) is 0. The van der Waals surface area contributed by atoms with Crippen molar-refractivity contribution in [3.8, 4) is 0 Å². The fourth-order valence-corrected chi connectivity index (χ4v) is 1.03. The molecule has 0 fully saturated rings. The molecular weight excluding hydrogens is 192 g/mol. The van der Waals surface area contributed by atoms with Gasteiger partial charge in [-0.1, -0.05) is 17.7 Å². The van der Waals surface area contributed by atoms with Crippen LogP contribution in [0.2, 0.25) is 5.02 Å². The molecule has 0 saturated carbocycles. The summed E-state index contributed by atoms with van der Waals surface area (Å²) in [4.78, 5) is 6.92. The van der Waals surface area contributed by atoms with Crippen molar-refractivity contribution in [3.05, 3.63) is 34.6 Å². The monoisotopic (exact) mass is 194 g/mol. The number of rotatable bonds is 1. The van der Waals surface area contributed by atoms with Crippen LogP contribution in [0.1, 0.15) is 0 Å². The van der Waals surface area contributed by atoms with E-state index in [9.17, 15) is 0 Å². The standard InChI is InChI=1S/C8H3ClN2S/c1-10-8-3-2-6(11-5-12)4-7(8)9/h2-4H. The van der Waals surface area contributed by atoms with Crippen LogP contribution in [-0.2, 0) is 0 Å². The Kier molecular flexibility index (Phi) is 2.95. The number of halogens is 1. The first-order valence-electron chi connectivity index (χ1n) is 3.03. The van der Waals surface area contributed by atoms with Gasteiger partial charge in [0.05, 0.1) is 17.4 Å². The Bertz CT molecular complexity index is 389. The average molecular weight is 195 g/mol. The van der Waals surface area contributed by atoms with Gasteiger partial charge in [0, 0.05) is 5.02 Å². The van der Waals surface area contributed by atoms with Gasteiger partial charge in [-0.25, -0.2) is 4.85 Å². The minimum absolute atomic E-state index is 0.386. The van der Waals surface area contributed by atoms with Crippen LogP contribution in [0.15, 0.2) is 23.2 Å². The van der Waals surface area contributed by atoms with Gasteiger partial charge in [0.2, 0.25) is 5.69 Å². The smallest absolute Gasteiger partial charge is 0.205 e. The molecule has 0 spiro atoms. The molecule has 4 heteroatoms. The maximum absolute atomic E-state index is 6.73. The van der Waals surface area contributed by atoms with E-state index in [4.69, 9.17) is 18.2 Å². The molecule has 0 atom stereocenters. The summed E-state index contributed by atoms with van der Waals surface area (Å²) in [5, 5.41) is 2.61. The zero-order chi connectivity index (χ0) is 8.97. The van der Waals surface area contributed by atoms with Crippen molar-refractivity contribution in [2.75, 3.05) is 0 Å². The van der Waals surface area contributed by atoms with Gasteiger partial charge in [-0.15, -0.1) is 0 Å². The molecule has 1 aromatic rings. The highest BCUT2D eigenvalue weighted by atomic mass is 35.5. The van der Waals surface area contributed by atoms with Crippen LogP contribution < -0.4 is 0 Å². The predicted molar refractivity (Wildman–Crippen MR) is 52.4 cm³/mol. The minimum atomic E-state index is 0.386. The van der Waals surface area contributed by atoms with Crippen LogP contribution in [0.5, 0.6) is 0 Å². The van der Waals surface area contributed by atoms with E-state index in [1.54, 1.807) is 18.2 Å². The number of nitrogens with zero attached hydrogens (tertiary/aromatic N) is 2. The Labute approximate surface area is 80.3 Å². The normalized spacial score (nSPS) is 8.33. The molecule has 0 aliphatic heterocycles. The molecule has 1 aromatic carbocycles. The summed E-state index contributed by atoms with van der Waals surface area (Å²) in [5.41, 5.74) is 1.03. The van der Waals surface area contributed by atoms with Crippen molar-refractivity contribution in [2.24, 2.45) is 4.99 Å². The lowest BCUT2D eigenvalue weighted by atomic mass is 10.3. The zero-order valence-corrected chi connectivity index (χ0v) is 7.49. The molecule has 0 aliphatic carbocycles. The van der Waals surface area contributed by atoms with E-state index in [0.29, 0.717) is 16.4 Å². The number of thiocarbonyl (C=S) groups is 1. The van der Waals surface area contributed by atoms with Crippen LogP contribution in [0.4, 0.5) is 11.4 Å². The second-order valence-electron chi connectivity index (χ2n) is 1.95. The molecule has 0 radical (unpaired) electrons. The molecule has 0 bridgehead atoms. The lowest BCUT2D eigenvalue weighted by molar-refractivity contribution is 1.56. The van der Waals surface area contributed by atoms with E-state index in [0.717, 1.165) is 0 Å². The van der Waals surface area contributed by atoms with Crippen molar-refractivity contribution in [2.45, 2.75) is 0 Å². The summed E-state index contributed by atoms with van der Waals surface area (Å²) in [5.74, 6) is 0. The van der Waals surface area contributed by atoms with E-state index in [-0.39, 0.29) is 0 Å². The zero-order valence-electron chi connectivity index (χ0n) is 5.91. The molecule has 0 aliphatic rings. The fraction of sp³-hybridized carbons (Fsp3) is 0. The Hall–Kier alpha value is -1.20. The molecule has 2 nitrogen and oxygen atoms in total. The van der Waals surface area contributed by atoms with Gasteiger partial charge in [0.25, 0.3) is 0 Å². The molecule has 1 rings (SSSR count). The Balaban J connectivity index is 3.20. The summed E-state index contributed by atoms with van der Waals surface area (Å²) >= 11 is 10.1. The molecule has 0 amide bonds. The van der Waals surface area contributed by atoms with Crippen LogP contribution >= 0.6 is 23.8 Å². The highest BCUT2D eigenvalue weighted by Crippen LogP contribution is 2.28. The fourth-order valence-electron chi connectivity index (χ4n) is 0.709. The third-order valence-corrected chi connectivity index (χ3v) is 1.62. The lowest BCUT2D eigenvalue weighted by Crippen LogP contribution is -1.66. The van der Waals surface area contributed by atoms with Crippen LogP contribution in [-0.4, -0.2) is 5.16 Å². The van der Waals surface area contributed by atoms with Crippen molar-refractivity contribution in [3.63, 3.8) is 0 Å². The van der Waals surface area contributed by atoms with Gasteiger partial charge in [0.1, 0.15) is 0 Å². The first kappa shape index (κ1) is 8.89. The van der Waals surface area contributed by atoms with Gasteiger partial charge >= 0.3 is 0 Å². The summed E-state index contributed by atoms with van der Waals surface area (Å²) in [6, 6.07) is 4.84. The summed E-state index contributed by atoms with van der Waals surface area (Å²) < 4.78 is 0. The third kappa shape index (κ3) is 1.90. The maximum atomic E-state index is 6.73. The minimum Gasteiger partial charge on any atom is -0.237 e. The molecule has 0 saturated heterocycles. The van der Waals surface area contributed by atoms with Gasteiger partial charge < -0.3 is 0 Å². The van der Waals surface area contributed by atoms with Gasteiger partial charge in [-0.2, -0.15) is 4.99 Å². The van der Waals surface area contributed by atoms with E-state index in [1.807, 2.05) is 0 Å². The topological polar surface area (TPSA) is 16.7 Å². The summed E-state index contributed by atoms with van der Waals surface area (Å²) in [6.45, 7) is 6.73. The molecule has 0 heterocycles. The van der Waals surface area contributed by atoms with Crippen molar-refractivity contribution < 1.29 is 0 Å². The molecule has 0 aromatic heterocycles. The van der Waals surface area contributed by atoms with Crippen LogP contribution in [0, 0.1) is 6.57 Å². The second kappa shape index (κ2) is 3.99. The molecular formula is C8H3ClN2S. The maximum Gasteiger partial charge on any atom is 0.205 e. The van der Waals surface area contributed by atoms with Crippen LogP contribution in [0.25, 0.3) is 4.85 Å². The highest BCUT2D eigenvalue weighted by molar-refractivity contribution is 7.78. The van der Waals surface area contributed by atoms with Crippen molar-refractivity contribution in [1.29, 1.82) is 0 Å². The van der Waals surface area contributed by atoms with E-state index in [2.05, 4.69) is 27.2 Å². The second-order valence-corrected chi connectivity index (χ2v) is 2.54. The van der Waals surface area contributed by atoms with E-state index >= 15 is 0 Å². The molecule has 0 N–H and O–H groups in total. The molecule has 12 heavy (non-hydrogen) atoms. The lowest BCUT2D eigenvalue weighted by Gasteiger charge is -1.94. The molecule has 0 unspecified atom stereocenters. The Morgan fingerprint density at radius 3 is 2.83 bits per heavy atom. The first-order valence-corrected chi connectivity index (χ1v) is 3.81. The van der Waals surface area contributed by atoms with E-state index in [1.165, 1.54) is 0 Å². The van der Waals surface area contributed by atoms with Gasteiger partial charge in [0.15, 0.2) is 0 Å². The number of hydrogen-bond acceptors (Lipinski definition) is 2. The van der Waals surface area contributed by atoms with Crippen molar-refractivity contribution >= 4 is 40.4 Å². The third-order valence-electron chi connectivity index (χ3n) is 1.23. The quantitative estimate of drug-likeness (QED) is 0.379. The SMILES string of the molecule is [C-]#[N+]c1ccc(N=C=S)cc1Cl. The number of aliphatic imine (C=N–C) groups is 1. The number of benzene rings is 1. The molecule has 58 valence electrons. The average Bonchev–Trinajstić information content (AvgIpc) is 2.05. The predicted octanol–water partition coefficient (Wildman–Crippen LogP) is 3.63. The Morgan fingerprint density at radius 1 is 1.58 bits per heavy atom.